The zero-order chi connectivity index (χ0) is 22.8. The van der Waals surface area contributed by atoms with Crippen LogP contribution in [0.2, 0.25) is 0 Å². The molecular formula is C29H56O2. The third-order valence-corrected chi connectivity index (χ3v) is 6.31. The fourth-order valence-corrected chi connectivity index (χ4v) is 4.08. The molecule has 0 heterocycles. The summed E-state index contributed by atoms with van der Waals surface area (Å²) < 4.78 is 5.40. The molecule has 0 aliphatic rings. The van der Waals surface area contributed by atoms with Gasteiger partial charge in [-0.2, -0.15) is 0 Å². The Morgan fingerprint density at radius 1 is 0.548 bits per heavy atom. The van der Waals surface area contributed by atoms with Crippen molar-refractivity contribution in [1.29, 1.82) is 0 Å². The molecule has 0 spiro atoms. The number of carbonyl (C=O) groups is 1. The lowest BCUT2D eigenvalue weighted by Crippen LogP contribution is -2.07. The predicted octanol–water partition coefficient (Wildman–Crippen LogP) is 10.1. The fourth-order valence-electron chi connectivity index (χ4n) is 4.08. The zero-order valence-corrected chi connectivity index (χ0v) is 21.7. The first-order valence-electron chi connectivity index (χ1n) is 14.1. The highest BCUT2D eigenvalue weighted by atomic mass is 16.5. The third-order valence-electron chi connectivity index (χ3n) is 6.31. The Balaban J connectivity index is 3.37. The average Bonchev–Trinajstić information content (AvgIpc) is 2.77. The molecular weight excluding hydrogens is 380 g/mol. The van der Waals surface area contributed by atoms with E-state index in [0.29, 0.717) is 6.61 Å². The molecule has 0 rings (SSSR count). The lowest BCUT2D eigenvalue weighted by molar-refractivity contribution is -0.139. The molecule has 0 amide bonds. The van der Waals surface area contributed by atoms with Crippen molar-refractivity contribution in [2.45, 2.75) is 162 Å². The summed E-state index contributed by atoms with van der Waals surface area (Å²) >= 11 is 0. The number of unbranched alkanes of at least 4 members (excludes halogenated alkanes) is 20. The van der Waals surface area contributed by atoms with E-state index in [1.807, 2.05) is 6.92 Å². The van der Waals surface area contributed by atoms with Gasteiger partial charge in [0.1, 0.15) is 0 Å². The van der Waals surface area contributed by atoms with E-state index in [9.17, 15) is 4.79 Å². The second-order valence-electron chi connectivity index (χ2n) is 9.53. The standard InChI is InChI=1S/C29H56O2/c1-4-6-8-10-12-13-14-15-16-17-18-19-20-22-24-26-28(3)29(30)31-27-25-23-21-11-9-7-5-2/h26H,4-25,27H2,1-3H3. The Kier molecular flexibility index (Phi) is 24.8. The van der Waals surface area contributed by atoms with Crippen LogP contribution in [-0.4, -0.2) is 12.6 Å². The van der Waals surface area contributed by atoms with Gasteiger partial charge in [-0.3, -0.25) is 0 Å². The van der Waals surface area contributed by atoms with Crippen LogP contribution >= 0.6 is 0 Å². The Labute approximate surface area is 196 Å². The number of esters is 1. The summed E-state index contributed by atoms with van der Waals surface area (Å²) in [7, 11) is 0. The van der Waals surface area contributed by atoms with Crippen molar-refractivity contribution in [3.63, 3.8) is 0 Å². The van der Waals surface area contributed by atoms with Crippen LogP contribution in [0.5, 0.6) is 0 Å². The number of allylic oxidation sites excluding steroid dienone is 1. The number of hydrogen-bond donors (Lipinski definition) is 0. The molecule has 0 radical (unpaired) electrons. The molecule has 0 aromatic carbocycles. The average molecular weight is 437 g/mol. The highest BCUT2D eigenvalue weighted by Crippen LogP contribution is 2.14. The second-order valence-corrected chi connectivity index (χ2v) is 9.53. The van der Waals surface area contributed by atoms with Gasteiger partial charge in [0.2, 0.25) is 0 Å². The Morgan fingerprint density at radius 2 is 0.903 bits per heavy atom. The van der Waals surface area contributed by atoms with Gasteiger partial charge in [-0.05, 0) is 26.2 Å². The molecule has 0 aromatic heterocycles. The number of ether oxygens (including phenoxy) is 1. The van der Waals surface area contributed by atoms with Crippen LogP contribution in [0.15, 0.2) is 11.6 Å². The summed E-state index contributed by atoms with van der Waals surface area (Å²) in [5.74, 6) is -0.114. The molecule has 0 N–H and O–H groups in total. The summed E-state index contributed by atoms with van der Waals surface area (Å²) in [5.41, 5.74) is 0.789. The zero-order valence-electron chi connectivity index (χ0n) is 21.7. The molecule has 0 atom stereocenters. The SMILES string of the molecule is CCCCCCCCCCCCCCCCC=C(C)C(=O)OCCCCCCCCC. The van der Waals surface area contributed by atoms with Crippen LogP contribution in [0.25, 0.3) is 0 Å². The molecule has 0 saturated carbocycles. The molecule has 184 valence electrons. The first kappa shape index (κ1) is 30.2. The largest absolute Gasteiger partial charge is 0.462 e. The van der Waals surface area contributed by atoms with Crippen LogP contribution in [0.3, 0.4) is 0 Å². The minimum absolute atomic E-state index is 0.114. The minimum atomic E-state index is -0.114. The van der Waals surface area contributed by atoms with Crippen LogP contribution in [0, 0.1) is 0 Å². The van der Waals surface area contributed by atoms with E-state index in [0.717, 1.165) is 18.4 Å². The molecule has 0 aliphatic carbocycles. The van der Waals surface area contributed by atoms with Crippen molar-refractivity contribution in [2.24, 2.45) is 0 Å². The molecule has 2 heteroatoms. The quantitative estimate of drug-likeness (QED) is 0.0854. The Hall–Kier alpha value is -0.790. The van der Waals surface area contributed by atoms with E-state index >= 15 is 0 Å². The molecule has 0 aliphatic heterocycles. The van der Waals surface area contributed by atoms with E-state index in [2.05, 4.69) is 19.9 Å². The highest BCUT2D eigenvalue weighted by Gasteiger charge is 2.04. The van der Waals surface area contributed by atoms with E-state index in [1.54, 1.807) is 0 Å². The van der Waals surface area contributed by atoms with Gasteiger partial charge in [0.15, 0.2) is 0 Å². The molecule has 0 fully saturated rings. The first-order valence-corrected chi connectivity index (χ1v) is 14.1. The van der Waals surface area contributed by atoms with Gasteiger partial charge in [0.05, 0.1) is 6.61 Å². The maximum absolute atomic E-state index is 12.0. The topological polar surface area (TPSA) is 26.3 Å². The van der Waals surface area contributed by atoms with Crippen molar-refractivity contribution in [2.75, 3.05) is 6.61 Å². The van der Waals surface area contributed by atoms with E-state index in [1.165, 1.54) is 128 Å². The smallest absolute Gasteiger partial charge is 0.333 e. The van der Waals surface area contributed by atoms with Gasteiger partial charge in [-0.1, -0.05) is 142 Å². The van der Waals surface area contributed by atoms with Gasteiger partial charge in [-0.15, -0.1) is 0 Å². The van der Waals surface area contributed by atoms with Crippen molar-refractivity contribution >= 4 is 5.97 Å². The van der Waals surface area contributed by atoms with Crippen LogP contribution in [0.1, 0.15) is 162 Å². The second kappa shape index (κ2) is 25.5. The monoisotopic (exact) mass is 436 g/mol. The molecule has 31 heavy (non-hydrogen) atoms. The van der Waals surface area contributed by atoms with Crippen molar-refractivity contribution in [3.05, 3.63) is 11.6 Å². The van der Waals surface area contributed by atoms with Crippen molar-refractivity contribution < 1.29 is 9.53 Å². The Morgan fingerprint density at radius 3 is 1.32 bits per heavy atom. The maximum Gasteiger partial charge on any atom is 0.333 e. The van der Waals surface area contributed by atoms with Gasteiger partial charge in [0.25, 0.3) is 0 Å². The summed E-state index contributed by atoms with van der Waals surface area (Å²) in [4.78, 5) is 12.0. The first-order chi connectivity index (χ1) is 15.2. The van der Waals surface area contributed by atoms with E-state index in [-0.39, 0.29) is 5.97 Å². The van der Waals surface area contributed by atoms with E-state index in [4.69, 9.17) is 4.74 Å². The van der Waals surface area contributed by atoms with E-state index < -0.39 is 0 Å². The summed E-state index contributed by atoms with van der Waals surface area (Å²) in [6.07, 6.45) is 31.2. The minimum Gasteiger partial charge on any atom is -0.462 e. The van der Waals surface area contributed by atoms with Crippen LogP contribution < -0.4 is 0 Å². The van der Waals surface area contributed by atoms with Gasteiger partial charge < -0.3 is 4.74 Å². The van der Waals surface area contributed by atoms with Crippen LogP contribution in [0.4, 0.5) is 0 Å². The number of carbonyl (C=O) groups excluding carboxylic acids is 1. The highest BCUT2D eigenvalue weighted by molar-refractivity contribution is 5.87. The molecule has 0 saturated heterocycles. The summed E-state index contributed by atoms with van der Waals surface area (Å²) in [5, 5.41) is 0. The third kappa shape index (κ3) is 23.7. The maximum atomic E-state index is 12.0. The molecule has 0 aromatic rings. The number of hydrogen-bond acceptors (Lipinski definition) is 2. The molecule has 0 bridgehead atoms. The normalized spacial score (nSPS) is 11.8. The molecule has 0 unspecified atom stereocenters. The predicted molar refractivity (Wildman–Crippen MR) is 138 cm³/mol. The molecule has 2 nitrogen and oxygen atoms in total. The lowest BCUT2D eigenvalue weighted by atomic mass is 10.0. The van der Waals surface area contributed by atoms with Crippen LogP contribution in [-0.2, 0) is 9.53 Å². The fraction of sp³-hybridized carbons (Fsp3) is 0.897. The van der Waals surface area contributed by atoms with Crippen molar-refractivity contribution in [1.82, 2.24) is 0 Å². The van der Waals surface area contributed by atoms with Gasteiger partial charge >= 0.3 is 5.97 Å². The van der Waals surface area contributed by atoms with Gasteiger partial charge in [0, 0.05) is 5.57 Å². The number of rotatable bonds is 24. The lowest BCUT2D eigenvalue weighted by Gasteiger charge is -2.05. The van der Waals surface area contributed by atoms with Gasteiger partial charge in [-0.25, -0.2) is 4.79 Å². The summed E-state index contributed by atoms with van der Waals surface area (Å²) in [6, 6.07) is 0. The summed E-state index contributed by atoms with van der Waals surface area (Å²) in [6.45, 7) is 7.01. The Bertz CT molecular complexity index is 400. The van der Waals surface area contributed by atoms with Crippen molar-refractivity contribution in [3.8, 4) is 0 Å².